The molecule has 3 aromatic rings. The summed E-state index contributed by atoms with van der Waals surface area (Å²) < 4.78 is 1.24. The van der Waals surface area contributed by atoms with Crippen molar-refractivity contribution in [2.24, 2.45) is 13.0 Å². The number of aromatic carboxylic acids is 1. The van der Waals surface area contributed by atoms with E-state index >= 15 is 0 Å². The fraction of sp³-hybridized carbons (Fsp3) is 0.304. The number of rotatable bonds is 7. The Morgan fingerprint density at radius 3 is 2.51 bits per heavy atom. The number of aromatic nitrogens is 3. The minimum atomic E-state index is -1.21. The average molecular weight is 497 g/mol. The Hall–Kier alpha value is -4.06. The predicted octanol–water partition coefficient (Wildman–Crippen LogP) is 4.15. The second-order valence-electron chi connectivity index (χ2n) is 8.30. The van der Waals surface area contributed by atoms with Gasteiger partial charge in [0.05, 0.1) is 11.9 Å². The number of carbonyl (C=O) groups excluding carboxylic acids is 3. The van der Waals surface area contributed by atoms with E-state index < -0.39 is 17.9 Å². The number of carbonyl (C=O) groups is 4. The van der Waals surface area contributed by atoms with Crippen LogP contribution in [0.2, 0.25) is 0 Å². The number of aryl methyl sites for hydroxylation is 2. The zero-order chi connectivity index (χ0) is 25.1. The highest BCUT2D eigenvalue weighted by Crippen LogP contribution is 2.31. The van der Waals surface area contributed by atoms with Gasteiger partial charge in [-0.15, -0.1) is 0 Å². The molecule has 4 rings (SSSR count). The molecule has 0 spiro atoms. The summed E-state index contributed by atoms with van der Waals surface area (Å²) in [5, 5.41) is 20.9. The van der Waals surface area contributed by atoms with Crippen LogP contribution in [0.4, 0.5) is 21.4 Å². The number of urea groups is 1. The minimum Gasteiger partial charge on any atom is -0.476 e. The van der Waals surface area contributed by atoms with Gasteiger partial charge in [-0.2, -0.15) is 5.10 Å². The zero-order valence-electron chi connectivity index (χ0n) is 19.1. The van der Waals surface area contributed by atoms with E-state index in [1.54, 1.807) is 12.1 Å². The van der Waals surface area contributed by atoms with Crippen LogP contribution in [0.3, 0.4) is 0 Å². The van der Waals surface area contributed by atoms with Crippen molar-refractivity contribution >= 4 is 51.7 Å². The molecule has 11 nitrogen and oxygen atoms in total. The lowest BCUT2D eigenvalue weighted by Crippen LogP contribution is -2.22. The first-order valence-corrected chi connectivity index (χ1v) is 11.8. The maximum absolute atomic E-state index is 13.0. The fourth-order valence-corrected chi connectivity index (χ4v) is 4.64. The van der Waals surface area contributed by atoms with Crippen molar-refractivity contribution in [1.29, 1.82) is 0 Å². The Labute approximate surface area is 204 Å². The molecule has 0 saturated heterocycles. The highest BCUT2D eigenvalue weighted by atomic mass is 32.1. The molecular formula is C23H24N6O5S. The number of ketones is 1. The molecule has 0 aliphatic heterocycles. The number of benzene rings is 1. The first-order valence-electron chi connectivity index (χ1n) is 11.0. The van der Waals surface area contributed by atoms with Crippen LogP contribution in [0.1, 0.15) is 61.8 Å². The van der Waals surface area contributed by atoms with E-state index in [1.165, 1.54) is 24.0 Å². The summed E-state index contributed by atoms with van der Waals surface area (Å²) in [5.41, 5.74) is 1.64. The Morgan fingerprint density at radius 2 is 1.83 bits per heavy atom. The lowest BCUT2D eigenvalue weighted by molar-refractivity contribution is 0.0689. The Bertz CT molecular complexity index is 1310. The van der Waals surface area contributed by atoms with Gasteiger partial charge in [0.1, 0.15) is 10.7 Å². The van der Waals surface area contributed by atoms with Gasteiger partial charge in [0.15, 0.2) is 16.6 Å². The standard InChI is InChI=1S/C23H24N6O5S/c1-12-7-8-15(14(9-12)19(30)13-5-3-4-6-13)25-22(34)27-23-24-11-17(35-23)20(31)26-18-10-16(21(32)33)28-29(18)2/h7-11,13H,3-6H2,1-2H3,(H,26,31)(H,32,33)(H2,24,25,27,34). The van der Waals surface area contributed by atoms with Gasteiger partial charge in [0.2, 0.25) is 0 Å². The number of carboxylic acid groups (broad SMARTS) is 1. The van der Waals surface area contributed by atoms with E-state index in [-0.39, 0.29) is 33.2 Å². The highest BCUT2D eigenvalue weighted by Gasteiger charge is 2.26. The number of hydrogen-bond acceptors (Lipinski definition) is 7. The molecule has 0 bridgehead atoms. The molecule has 0 atom stereocenters. The third-order valence-electron chi connectivity index (χ3n) is 5.71. The topological polar surface area (TPSA) is 155 Å². The second kappa shape index (κ2) is 10.1. The van der Waals surface area contributed by atoms with Gasteiger partial charge in [0, 0.05) is 24.6 Å². The van der Waals surface area contributed by atoms with Gasteiger partial charge in [-0.25, -0.2) is 14.6 Å². The molecule has 1 fully saturated rings. The normalized spacial score (nSPS) is 13.4. The molecule has 1 aliphatic rings. The monoisotopic (exact) mass is 496 g/mol. The third-order valence-corrected chi connectivity index (χ3v) is 6.62. The van der Waals surface area contributed by atoms with Crippen molar-refractivity contribution in [1.82, 2.24) is 14.8 Å². The molecule has 1 aromatic carbocycles. The van der Waals surface area contributed by atoms with Gasteiger partial charge in [-0.1, -0.05) is 35.8 Å². The number of nitrogens with one attached hydrogen (secondary N) is 3. The summed E-state index contributed by atoms with van der Waals surface area (Å²) in [7, 11) is 1.50. The molecule has 4 N–H and O–H groups in total. The summed E-state index contributed by atoms with van der Waals surface area (Å²) >= 11 is 0.943. The first kappa shape index (κ1) is 24.1. The van der Waals surface area contributed by atoms with Crippen LogP contribution in [0, 0.1) is 12.8 Å². The van der Waals surface area contributed by atoms with Gasteiger partial charge in [-0.05, 0) is 31.9 Å². The van der Waals surface area contributed by atoms with Crippen molar-refractivity contribution in [3.05, 3.63) is 52.2 Å². The number of hydrogen-bond donors (Lipinski definition) is 4. The maximum atomic E-state index is 13.0. The zero-order valence-corrected chi connectivity index (χ0v) is 19.9. The van der Waals surface area contributed by atoms with Crippen LogP contribution in [-0.2, 0) is 7.05 Å². The van der Waals surface area contributed by atoms with E-state index in [0.717, 1.165) is 42.6 Å². The van der Waals surface area contributed by atoms with Crippen LogP contribution in [-0.4, -0.2) is 43.6 Å². The number of Topliss-reactive ketones (excluding diaryl/α,β-unsaturated/α-hetero) is 1. The molecule has 1 aliphatic carbocycles. The predicted molar refractivity (Wildman–Crippen MR) is 130 cm³/mol. The highest BCUT2D eigenvalue weighted by molar-refractivity contribution is 7.17. The van der Waals surface area contributed by atoms with Crippen molar-refractivity contribution < 1.29 is 24.3 Å². The van der Waals surface area contributed by atoms with Gasteiger partial charge in [-0.3, -0.25) is 19.6 Å². The molecule has 2 heterocycles. The van der Waals surface area contributed by atoms with E-state index in [0.29, 0.717) is 11.3 Å². The smallest absolute Gasteiger partial charge is 0.356 e. The van der Waals surface area contributed by atoms with E-state index in [4.69, 9.17) is 5.11 Å². The number of nitrogens with zero attached hydrogens (tertiary/aromatic N) is 3. The largest absolute Gasteiger partial charge is 0.476 e. The van der Waals surface area contributed by atoms with Crippen LogP contribution in [0.5, 0.6) is 0 Å². The number of anilines is 3. The second-order valence-corrected chi connectivity index (χ2v) is 9.33. The van der Waals surface area contributed by atoms with E-state index in [9.17, 15) is 19.2 Å². The van der Waals surface area contributed by atoms with Crippen LogP contribution in [0.15, 0.2) is 30.5 Å². The Morgan fingerprint density at radius 1 is 1.09 bits per heavy atom. The van der Waals surface area contributed by atoms with E-state index in [1.807, 2.05) is 13.0 Å². The third kappa shape index (κ3) is 5.54. The first-order chi connectivity index (χ1) is 16.7. The van der Waals surface area contributed by atoms with Gasteiger partial charge in [0.25, 0.3) is 5.91 Å². The summed E-state index contributed by atoms with van der Waals surface area (Å²) in [4.78, 5) is 53.4. The van der Waals surface area contributed by atoms with Crippen molar-refractivity contribution in [2.45, 2.75) is 32.6 Å². The van der Waals surface area contributed by atoms with Crippen LogP contribution in [0.25, 0.3) is 0 Å². The molecule has 2 aromatic heterocycles. The summed E-state index contributed by atoms with van der Waals surface area (Å²) in [5.74, 6) is -1.52. The van der Waals surface area contributed by atoms with Crippen molar-refractivity contribution in [3.63, 3.8) is 0 Å². The molecular weight excluding hydrogens is 472 g/mol. The Balaban J connectivity index is 1.41. The SMILES string of the molecule is Cc1ccc(NC(=O)Nc2ncc(C(=O)Nc3cc(C(=O)O)nn3C)s2)c(C(=O)C2CCCC2)c1. The fourth-order valence-electron chi connectivity index (χ4n) is 3.93. The average Bonchev–Trinajstić information content (AvgIpc) is 3.56. The molecule has 35 heavy (non-hydrogen) atoms. The molecule has 1 saturated carbocycles. The molecule has 182 valence electrons. The quantitative estimate of drug-likeness (QED) is 0.358. The molecule has 3 amide bonds. The minimum absolute atomic E-state index is 0.0218. The number of thiazole rings is 1. The number of amides is 3. The molecule has 12 heteroatoms. The summed E-state index contributed by atoms with van der Waals surface area (Å²) in [6.07, 6.45) is 5.09. The molecule has 0 unspecified atom stereocenters. The lowest BCUT2D eigenvalue weighted by Gasteiger charge is -2.14. The Kier molecular flexibility index (Phi) is 6.92. The molecule has 0 radical (unpaired) electrons. The van der Waals surface area contributed by atoms with Crippen molar-refractivity contribution in [2.75, 3.05) is 16.0 Å². The maximum Gasteiger partial charge on any atom is 0.356 e. The lowest BCUT2D eigenvalue weighted by atomic mass is 9.94. The summed E-state index contributed by atoms with van der Waals surface area (Å²) in [6, 6.07) is 5.96. The van der Waals surface area contributed by atoms with Crippen LogP contribution < -0.4 is 16.0 Å². The summed E-state index contributed by atoms with van der Waals surface area (Å²) in [6.45, 7) is 1.89. The van der Waals surface area contributed by atoms with Crippen LogP contribution >= 0.6 is 11.3 Å². The van der Waals surface area contributed by atoms with E-state index in [2.05, 4.69) is 26.0 Å². The number of carboxylic acids is 1. The van der Waals surface area contributed by atoms with Gasteiger partial charge >= 0.3 is 12.0 Å². The van der Waals surface area contributed by atoms with Crippen molar-refractivity contribution in [3.8, 4) is 0 Å². The van der Waals surface area contributed by atoms with Gasteiger partial charge < -0.3 is 15.7 Å².